The second kappa shape index (κ2) is 8.52. The minimum atomic E-state index is -0.490. The maximum absolute atomic E-state index is 12.9. The van der Waals surface area contributed by atoms with Crippen molar-refractivity contribution in [2.75, 3.05) is 0 Å². The highest BCUT2D eigenvalue weighted by Crippen LogP contribution is 2.12. The molecule has 0 saturated carbocycles. The molecule has 2 rings (SSSR count). The molecule has 0 saturated heterocycles. The summed E-state index contributed by atoms with van der Waals surface area (Å²) in [6.07, 6.45) is 1.09. The second-order valence-corrected chi connectivity index (χ2v) is 5.78. The first-order valence-electron chi connectivity index (χ1n) is 8.02. The van der Waals surface area contributed by atoms with Crippen molar-refractivity contribution in [2.45, 2.75) is 33.4 Å². The number of hydrogen-bond acceptors (Lipinski definition) is 5. The van der Waals surface area contributed by atoms with Crippen LogP contribution in [0.4, 0.5) is 4.39 Å². The third-order valence-electron chi connectivity index (χ3n) is 3.73. The van der Waals surface area contributed by atoms with Gasteiger partial charge in [0.05, 0.1) is 12.6 Å². The number of hydrazone groups is 1. The van der Waals surface area contributed by atoms with Crippen LogP contribution < -0.4 is 11.0 Å². The van der Waals surface area contributed by atoms with Gasteiger partial charge in [0.15, 0.2) is 4.77 Å². The number of amides is 1. The Bertz CT molecular complexity index is 948. The topological polar surface area (TPSA) is 88.6 Å². The van der Waals surface area contributed by atoms with Crippen LogP contribution in [-0.2, 0) is 24.3 Å². The highest BCUT2D eigenvalue weighted by molar-refractivity contribution is 7.71. The van der Waals surface area contributed by atoms with Crippen LogP contribution in [0.25, 0.3) is 0 Å². The molecule has 138 valence electrons. The van der Waals surface area contributed by atoms with Gasteiger partial charge in [0.2, 0.25) is 11.8 Å². The van der Waals surface area contributed by atoms with Crippen molar-refractivity contribution in [3.63, 3.8) is 0 Å². The van der Waals surface area contributed by atoms with Gasteiger partial charge in [0.25, 0.3) is 5.56 Å². The molecule has 0 aliphatic carbocycles. The van der Waals surface area contributed by atoms with Gasteiger partial charge in [-0.15, -0.1) is 0 Å². The molecule has 2 aromatic rings. The van der Waals surface area contributed by atoms with Gasteiger partial charge in [-0.1, -0.05) is 12.1 Å². The summed E-state index contributed by atoms with van der Waals surface area (Å²) < 4.78 is 15.8. The summed E-state index contributed by atoms with van der Waals surface area (Å²) in [6, 6.07) is 5.52. The zero-order valence-electron chi connectivity index (χ0n) is 14.4. The lowest BCUT2D eigenvalue weighted by molar-refractivity contribution is -0.120. The molecule has 1 aromatic carbocycles. The number of benzene rings is 1. The summed E-state index contributed by atoms with van der Waals surface area (Å²) in [5.74, 6) is -1.13. The molecule has 0 spiro atoms. The summed E-state index contributed by atoms with van der Waals surface area (Å²) in [4.78, 5) is 24.3. The lowest BCUT2D eigenvalue weighted by Crippen LogP contribution is -2.28. The molecule has 26 heavy (non-hydrogen) atoms. The largest absolute Gasteiger partial charge is 0.494 e. The fourth-order valence-corrected chi connectivity index (χ4v) is 2.81. The van der Waals surface area contributed by atoms with E-state index in [9.17, 15) is 19.1 Å². The number of aromatic nitrogens is 2. The third kappa shape index (κ3) is 4.23. The Morgan fingerprint density at radius 3 is 2.46 bits per heavy atom. The van der Waals surface area contributed by atoms with Crippen LogP contribution in [0.5, 0.6) is 5.88 Å². The van der Waals surface area contributed by atoms with Gasteiger partial charge in [-0.2, -0.15) is 5.10 Å². The van der Waals surface area contributed by atoms with Crippen molar-refractivity contribution in [1.29, 1.82) is 0 Å². The first-order valence-corrected chi connectivity index (χ1v) is 8.42. The van der Waals surface area contributed by atoms with E-state index in [0.29, 0.717) is 18.7 Å². The molecule has 7 nitrogen and oxygen atoms in total. The van der Waals surface area contributed by atoms with Crippen molar-refractivity contribution in [3.8, 4) is 5.88 Å². The first-order chi connectivity index (χ1) is 12.4. The minimum absolute atomic E-state index is 0.00283. The Hall–Kier alpha value is -2.81. The number of rotatable bonds is 6. The predicted molar refractivity (Wildman–Crippen MR) is 98.4 cm³/mol. The van der Waals surface area contributed by atoms with Crippen molar-refractivity contribution < 1.29 is 14.3 Å². The monoisotopic (exact) mass is 378 g/mol. The molecule has 2 N–H and O–H groups in total. The molecule has 0 fully saturated rings. The van der Waals surface area contributed by atoms with E-state index < -0.39 is 11.5 Å². The van der Waals surface area contributed by atoms with E-state index in [-0.39, 0.29) is 28.5 Å². The number of carbonyl (C=O) groups is 1. The highest BCUT2D eigenvalue weighted by Gasteiger charge is 2.14. The standard InChI is InChI=1S/C17H19FN4O3S/c1-3-21-15(24)13(16(25)22(4-2)17(21)26)10-19-20-14(23)9-11-5-7-12(18)8-6-11/h5-8,10,24H,3-4,9H2,1-2H3,(H,20,23). The fraction of sp³-hybridized carbons (Fsp3) is 0.294. The Morgan fingerprint density at radius 1 is 1.27 bits per heavy atom. The average molecular weight is 378 g/mol. The Kier molecular flexibility index (Phi) is 6.40. The van der Waals surface area contributed by atoms with Crippen molar-refractivity contribution >= 4 is 24.3 Å². The van der Waals surface area contributed by atoms with Crippen LogP contribution in [0.15, 0.2) is 34.2 Å². The normalized spacial score (nSPS) is 11.0. The molecule has 0 aliphatic rings. The fourth-order valence-electron chi connectivity index (χ4n) is 2.38. The van der Waals surface area contributed by atoms with Crippen LogP contribution in [0, 0.1) is 10.6 Å². The molecule has 0 radical (unpaired) electrons. The summed E-state index contributed by atoms with van der Waals surface area (Å²) in [7, 11) is 0. The van der Waals surface area contributed by atoms with E-state index in [2.05, 4.69) is 10.5 Å². The SMILES string of the molecule is CCn1c(O)c(C=NNC(=O)Cc2ccc(F)cc2)c(=O)n(CC)c1=S. The van der Waals surface area contributed by atoms with E-state index in [1.54, 1.807) is 13.8 Å². The van der Waals surface area contributed by atoms with Crippen LogP contribution in [-0.4, -0.2) is 26.4 Å². The van der Waals surface area contributed by atoms with Crippen LogP contribution in [0.3, 0.4) is 0 Å². The molecule has 1 amide bonds. The molecule has 0 atom stereocenters. The third-order valence-corrected chi connectivity index (χ3v) is 4.17. The Morgan fingerprint density at radius 2 is 1.88 bits per heavy atom. The smallest absolute Gasteiger partial charge is 0.267 e. The van der Waals surface area contributed by atoms with Crippen molar-refractivity contribution in [1.82, 2.24) is 14.6 Å². The Balaban J connectivity index is 2.20. The lowest BCUT2D eigenvalue weighted by atomic mass is 10.1. The number of hydrogen-bond donors (Lipinski definition) is 2. The van der Waals surface area contributed by atoms with Crippen molar-refractivity contribution in [2.24, 2.45) is 5.10 Å². The number of halogens is 1. The summed E-state index contributed by atoms with van der Waals surface area (Å²) in [5.41, 5.74) is 2.35. The van der Waals surface area contributed by atoms with E-state index in [4.69, 9.17) is 12.2 Å². The van der Waals surface area contributed by atoms with Crippen LogP contribution in [0.2, 0.25) is 0 Å². The van der Waals surface area contributed by atoms with Crippen molar-refractivity contribution in [3.05, 3.63) is 56.3 Å². The zero-order valence-corrected chi connectivity index (χ0v) is 15.2. The average Bonchev–Trinajstić information content (AvgIpc) is 2.60. The van der Waals surface area contributed by atoms with Gasteiger partial charge < -0.3 is 5.11 Å². The van der Waals surface area contributed by atoms with Gasteiger partial charge in [-0.3, -0.25) is 18.7 Å². The Labute approximate surface area is 154 Å². The summed E-state index contributed by atoms with van der Waals surface area (Å²) in [5, 5.41) is 14.0. The number of carbonyl (C=O) groups excluding carboxylic acids is 1. The molecule has 1 aromatic heterocycles. The second-order valence-electron chi connectivity index (χ2n) is 5.41. The van der Waals surface area contributed by atoms with Gasteiger partial charge >= 0.3 is 0 Å². The predicted octanol–water partition coefficient (Wildman–Crippen LogP) is 1.96. The summed E-state index contributed by atoms with van der Waals surface area (Å²) in [6.45, 7) is 4.27. The van der Waals surface area contributed by atoms with Gasteiger partial charge in [0.1, 0.15) is 11.4 Å². The van der Waals surface area contributed by atoms with E-state index in [0.717, 1.165) is 6.21 Å². The molecule has 0 unspecified atom stereocenters. The molecular weight excluding hydrogens is 359 g/mol. The van der Waals surface area contributed by atoms with Gasteiger partial charge in [-0.05, 0) is 43.8 Å². The molecular formula is C17H19FN4O3S. The highest BCUT2D eigenvalue weighted by atomic mass is 32.1. The quantitative estimate of drug-likeness (QED) is 0.457. The number of nitrogens with zero attached hydrogens (tertiary/aromatic N) is 3. The van der Waals surface area contributed by atoms with Gasteiger partial charge in [0, 0.05) is 13.1 Å². The zero-order chi connectivity index (χ0) is 19.3. The molecule has 9 heteroatoms. The minimum Gasteiger partial charge on any atom is -0.494 e. The maximum Gasteiger partial charge on any atom is 0.267 e. The molecule has 0 aliphatic heterocycles. The van der Waals surface area contributed by atoms with E-state index in [1.165, 1.54) is 33.4 Å². The molecule has 0 bridgehead atoms. The summed E-state index contributed by atoms with van der Waals surface area (Å²) >= 11 is 5.19. The van der Waals surface area contributed by atoms with E-state index >= 15 is 0 Å². The lowest BCUT2D eigenvalue weighted by Gasteiger charge is -2.13. The van der Waals surface area contributed by atoms with Crippen LogP contribution in [0.1, 0.15) is 25.0 Å². The van der Waals surface area contributed by atoms with Gasteiger partial charge in [-0.25, -0.2) is 9.82 Å². The maximum atomic E-state index is 12.9. The van der Waals surface area contributed by atoms with E-state index in [1.807, 2.05) is 0 Å². The van der Waals surface area contributed by atoms with Crippen LogP contribution >= 0.6 is 12.2 Å². The first kappa shape index (κ1) is 19.5. The molecule has 1 heterocycles. The number of nitrogens with one attached hydrogen (secondary N) is 1. The number of aromatic hydroxyl groups is 1.